The monoisotopic (exact) mass is 282 g/mol. The van der Waals surface area contributed by atoms with Crippen LogP contribution in [0.2, 0.25) is 0 Å². The molecule has 1 saturated carbocycles. The average Bonchev–Trinajstić information content (AvgIpc) is 3.15. The zero-order valence-electron chi connectivity index (χ0n) is 11.5. The van der Waals surface area contributed by atoms with Crippen molar-refractivity contribution in [2.24, 2.45) is 0 Å². The normalized spacial score (nSPS) is 24.1. The lowest BCUT2D eigenvalue weighted by atomic mass is 10.1. The third kappa shape index (κ3) is 3.78. The van der Waals surface area contributed by atoms with Crippen LogP contribution in [0.25, 0.3) is 0 Å². The topological polar surface area (TPSA) is 58.2 Å². The molecule has 2 N–H and O–H groups in total. The largest absolute Gasteiger partial charge is 0.316 e. The first-order valence-electron chi connectivity index (χ1n) is 6.81. The van der Waals surface area contributed by atoms with E-state index in [9.17, 15) is 8.42 Å². The molecule has 1 aromatic carbocycles. The zero-order valence-corrected chi connectivity index (χ0v) is 12.3. The fraction of sp³-hybridized carbons (Fsp3) is 0.571. The highest BCUT2D eigenvalue weighted by atomic mass is 32.2. The van der Waals surface area contributed by atoms with E-state index in [1.54, 1.807) is 6.92 Å². The second-order valence-corrected chi connectivity index (χ2v) is 7.27. The Morgan fingerprint density at radius 3 is 2.63 bits per heavy atom. The molecule has 0 saturated heterocycles. The fourth-order valence-electron chi connectivity index (χ4n) is 2.18. The van der Waals surface area contributed by atoms with Crippen molar-refractivity contribution < 1.29 is 8.42 Å². The summed E-state index contributed by atoms with van der Waals surface area (Å²) in [7, 11) is -3.22. The molecule has 1 fully saturated rings. The molecular formula is C14H22N2O2S. The molecule has 0 heterocycles. The number of rotatable bonds is 7. The van der Waals surface area contributed by atoms with Gasteiger partial charge in [-0.05, 0) is 25.5 Å². The fourth-order valence-corrected chi connectivity index (χ4v) is 3.43. The molecule has 1 aromatic rings. The van der Waals surface area contributed by atoms with Crippen LogP contribution in [-0.2, 0) is 10.0 Å². The molecule has 1 aliphatic rings. The molecule has 0 bridgehead atoms. The van der Waals surface area contributed by atoms with Crippen LogP contribution < -0.4 is 10.0 Å². The standard InChI is InChI=1S/C14H22N2O2S/c1-3-15-10-11(2)19(17,18)16-14-9-13(14)12-7-5-4-6-8-12/h4-8,11,13-16H,3,9-10H2,1-2H3. The summed E-state index contributed by atoms with van der Waals surface area (Å²) in [5.74, 6) is 0.335. The van der Waals surface area contributed by atoms with Gasteiger partial charge in [-0.2, -0.15) is 0 Å². The number of nitrogens with one attached hydrogen (secondary N) is 2. The van der Waals surface area contributed by atoms with E-state index < -0.39 is 15.3 Å². The summed E-state index contributed by atoms with van der Waals surface area (Å²) in [6, 6.07) is 10.1. The van der Waals surface area contributed by atoms with Gasteiger partial charge in [0.1, 0.15) is 0 Å². The smallest absolute Gasteiger partial charge is 0.215 e. The van der Waals surface area contributed by atoms with Gasteiger partial charge >= 0.3 is 0 Å². The lowest BCUT2D eigenvalue weighted by Crippen LogP contribution is -2.40. The van der Waals surface area contributed by atoms with Crippen molar-refractivity contribution in [3.63, 3.8) is 0 Å². The van der Waals surface area contributed by atoms with Gasteiger partial charge in [0, 0.05) is 18.5 Å². The average molecular weight is 282 g/mol. The zero-order chi connectivity index (χ0) is 13.9. The first-order valence-corrected chi connectivity index (χ1v) is 8.36. The highest BCUT2D eigenvalue weighted by Crippen LogP contribution is 2.41. The lowest BCUT2D eigenvalue weighted by Gasteiger charge is -2.14. The Kier molecular flexibility index (Phi) is 4.60. The minimum atomic E-state index is -3.22. The summed E-state index contributed by atoms with van der Waals surface area (Å²) < 4.78 is 27.0. The molecule has 2 rings (SSSR count). The van der Waals surface area contributed by atoms with Crippen molar-refractivity contribution in [3.05, 3.63) is 35.9 Å². The highest BCUT2D eigenvalue weighted by molar-refractivity contribution is 7.90. The number of sulfonamides is 1. The molecule has 1 aliphatic carbocycles. The van der Waals surface area contributed by atoms with Crippen molar-refractivity contribution in [2.75, 3.05) is 13.1 Å². The molecule has 106 valence electrons. The van der Waals surface area contributed by atoms with Crippen LogP contribution >= 0.6 is 0 Å². The van der Waals surface area contributed by atoms with E-state index >= 15 is 0 Å². The van der Waals surface area contributed by atoms with Gasteiger partial charge in [-0.3, -0.25) is 0 Å². The summed E-state index contributed by atoms with van der Waals surface area (Å²) in [6.07, 6.45) is 0.900. The Morgan fingerprint density at radius 2 is 2.00 bits per heavy atom. The second-order valence-electron chi connectivity index (χ2n) is 5.14. The van der Waals surface area contributed by atoms with Gasteiger partial charge in [-0.15, -0.1) is 0 Å². The van der Waals surface area contributed by atoms with E-state index in [1.165, 1.54) is 5.56 Å². The third-order valence-electron chi connectivity index (χ3n) is 3.55. The van der Waals surface area contributed by atoms with Crippen LogP contribution in [0.4, 0.5) is 0 Å². The third-order valence-corrected chi connectivity index (χ3v) is 5.40. The minimum absolute atomic E-state index is 0.0662. The van der Waals surface area contributed by atoms with Crippen molar-refractivity contribution in [3.8, 4) is 0 Å². The summed E-state index contributed by atoms with van der Waals surface area (Å²) in [5, 5.41) is 2.67. The summed E-state index contributed by atoms with van der Waals surface area (Å²) in [5.41, 5.74) is 1.22. The predicted octanol–water partition coefficient (Wildman–Crippen LogP) is 1.46. The summed E-state index contributed by atoms with van der Waals surface area (Å²) >= 11 is 0. The lowest BCUT2D eigenvalue weighted by molar-refractivity contribution is 0.558. The predicted molar refractivity (Wildman–Crippen MR) is 77.6 cm³/mol. The Labute approximate surface area is 115 Å². The summed E-state index contributed by atoms with van der Waals surface area (Å²) in [4.78, 5) is 0. The van der Waals surface area contributed by atoms with E-state index in [0.717, 1.165) is 13.0 Å². The van der Waals surface area contributed by atoms with E-state index in [1.807, 2.05) is 25.1 Å². The first-order chi connectivity index (χ1) is 9.04. The van der Waals surface area contributed by atoms with Crippen LogP contribution in [0.5, 0.6) is 0 Å². The molecule has 19 heavy (non-hydrogen) atoms. The van der Waals surface area contributed by atoms with E-state index in [0.29, 0.717) is 12.5 Å². The maximum absolute atomic E-state index is 12.1. The Balaban J connectivity index is 1.89. The van der Waals surface area contributed by atoms with Gasteiger partial charge in [0.2, 0.25) is 10.0 Å². The van der Waals surface area contributed by atoms with Gasteiger partial charge in [-0.25, -0.2) is 13.1 Å². The van der Waals surface area contributed by atoms with Crippen LogP contribution in [0, 0.1) is 0 Å². The Hall–Kier alpha value is -0.910. The van der Waals surface area contributed by atoms with Crippen molar-refractivity contribution >= 4 is 10.0 Å². The maximum Gasteiger partial charge on any atom is 0.215 e. The SMILES string of the molecule is CCNCC(C)S(=O)(=O)NC1CC1c1ccccc1. The van der Waals surface area contributed by atoms with E-state index in [2.05, 4.69) is 22.2 Å². The molecule has 0 radical (unpaired) electrons. The minimum Gasteiger partial charge on any atom is -0.316 e. The van der Waals surface area contributed by atoms with Gasteiger partial charge < -0.3 is 5.32 Å². The maximum atomic E-state index is 12.1. The van der Waals surface area contributed by atoms with Crippen LogP contribution in [0.15, 0.2) is 30.3 Å². The molecule has 0 aromatic heterocycles. The molecule has 0 spiro atoms. The molecule has 3 unspecified atom stereocenters. The quantitative estimate of drug-likeness (QED) is 0.796. The number of hydrogen-bond acceptors (Lipinski definition) is 3. The summed E-state index contributed by atoms with van der Waals surface area (Å²) in [6.45, 7) is 4.99. The molecule has 0 amide bonds. The van der Waals surface area contributed by atoms with E-state index in [-0.39, 0.29) is 6.04 Å². The molecule has 3 atom stereocenters. The van der Waals surface area contributed by atoms with Gasteiger partial charge in [0.25, 0.3) is 0 Å². The molecule has 4 nitrogen and oxygen atoms in total. The molecular weight excluding hydrogens is 260 g/mol. The van der Waals surface area contributed by atoms with Gasteiger partial charge in [0.05, 0.1) is 5.25 Å². The highest BCUT2D eigenvalue weighted by Gasteiger charge is 2.41. The van der Waals surface area contributed by atoms with Gasteiger partial charge in [-0.1, -0.05) is 37.3 Å². The molecule has 5 heteroatoms. The van der Waals surface area contributed by atoms with Crippen molar-refractivity contribution in [2.45, 2.75) is 37.5 Å². The van der Waals surface area contributed by atoms with Gasteiger partial charge in [0.15, 0.2) is 0 Å². The Morgan fingerprint density at radius 1 is 1.32 bits per heavy atom. The van der Waals surface area contributed by atoms with Crippen LogP contribution in [-0.4, -0.2) is 32.8 Å². The van der Waals surface area contributed by atoms with Crippen LogP contribution in [0.1, 0.15) is 31.7 Å². The number of benzene rings is 1. The molecule has 0 aliphatic heterocycles. The van der Waals surface area contributed by atoms with Crippen molar-refractivity contribution in [1.82, 2.24) is 10.0 Å². The second kappa shape index (κ2) is 6.03. The first kappa shape index (κ1) is 14.5. The Bertz CT molecular complexity index is 501. The number of hydrogen-bond donors (Lipinski definition) is 2. The van der Waals surface area contributed by atoms with E-state index in [4.69, 9.17) is 0 Å². The van der Waals surface area contributed by atoms with Crippen molar-refractivity contribution in [1.29, 1.82) is 0 Å². The van der Waals surface area contributed by atoms with Crippen LogP contribution in [0.3, 0.4) is 0 Å².